The molecule has 0 radical (unpaired) electrons. The highest BCUT2D eigenvalue weighted by Gasteiger charge is 2.26. The highest BCUT2D eigenvalue weighted by Crippen LogP contribution is 2.20. The van der Waals surface area contributed by atoms with Crippen LogP contribution in [-0.4, -0.2) is 28.9 Å². The predicted octanol–water partition coefficient (Wildman–Crippen LogP) is 3.46. The van der Waals surface area contributed by atoms with Crippen LogP contribution in [0, 0.1) is 5.92 Å². The van der Waals surface area contributed by atoms with Gasteiger partial charge in [0.25, 0.3) is 0 Å². The van der Waals surface area contributed by atoms with Crippen molar-refractivity contribution < 1.29 is 13.6 Å². The van der Waals surface area contributed by atoms with Gasteiger partial charge in [-0.25, -0.2) is 4.98 Å². The Balaban J connectivity index is 1.29. The zero-order valence-electron chi connectivity index (χ0n) is 15.1. The van der Waals surface area contributed by atoms with E-state index in [0.717, 1.165) is 49.5 Å². The lowest BCUT2D eigenvalue weighted by Gasteiger charge is -2.31. The quantitative estimate of drug-likeness (QED) is 0.724. The molecule has 6 nitrogen and oxygen atoms in total. The first-order valence-corrected chi connectivity index (χ1v) is 9.30. The van der Waals surface area contributed by atoms with Crippen molar-refractivity contribution in [2.45, 2.75) is 25.9 Å². The molecule has 1 aromatic carbocycles. The number of hydrogen-bond acceptors (Lipinski definition) is 5. The van der Waals surface area contributed by atoms with E-state index in [-0.39, 0.29) is 11.8 Å². The minimum atomic E-state index is -0.00536. The van der Waals surface area contributed by atoms with Gasteiger partial charge in [0.2, 0.25) is 11.8 Å². The van der Waals surface area contributed by atoms with E-state index in [0.29, 0.717) is 12.4 Å². The number of aromatic nitrogens is 1. The third-order valence-electron chi connectivity index (χ3n) is 4.85. The first-order chi connectivity index (χ1) is 13.3. The van der Waals surface area contributed by atoms with Gasteiger partial charge in [0.05, 0.1) is 31.0 Å². The molecule has 1 aliphatic heterocycles. The van der Waals surface area contributed by atoms with Gasteiger partial charge in [-0.1, -0.05) is 18.2 Å². The Morgan fingerprint density at radius 1 is 1.19 bits per heavy atom. The van der Waals surface area contributed by atoms with Crippen LogP contribution in [0.15, 0.2) is 63.8 Å². The number of carbonyl (C=O) groups is 1. The average Bonchev–Trinajstić information content (AvgIpc) is 3.39. The summed E-state index contributed by atoms with van der Waals surface area (Å²) in [5.74, 6) is 1.58. The maximum Gasteiger partial charge on any atom is 0.226 e. The molecule has 6 heteroatoms. The maximum atomic E-state index is 12.6. The molecule has 1 N–H and O–H groups in total. The van der Waals surface area contributed by atoms with Gasteiger partial charge in [-0.2, -0.15) is 0 Å². The molecule has 0 bridgehead atoms. The molecule has 0 spiro atoms. The Kier molecular flexibility index (Phi) is 5.34. The molecule has 27 heavy (non-hydrogen) atoms. The second-order valence-electron chi connectivity index (χ2n) is 6.88. The number of piperidine rings is 1. The summed E-state index contributed by atoms with van der Waals surface area (Å²) in [5, 5.41) is 3.00. The molecule has 0 aliphatic carbocycles. The lowest BCUT2D eigenvalue weighted by Crippen LogP contribution is -2.42. The average molecular weight is 365 g/mol. The molecule has 0 saturated carbocycles. The van der Waals surface area contributed by atoms with E-state index in [4.69, 9.17) is 8.83 Å². The molecule has 2 aromatic heterocycles. The monoisotopic (exact) mass is 365 g/mol. The summed E-state index contributed by atoms with van der Waals surface area (Å²) in [6.07, 6.45) is 5.22. The number of carbonyl (C=O) groups excluding carboxylic acids is 1. The zero-order chi connectivity index (χ0) is 18.5. The van der Waals surface area contributed by atoms with Crippen molar-refractivity contribution in [3.05, 3.63) is 66.4 Å². The minimum absolute atomic E-state index is 0.00536. The lowest BCUT2D eigenvalue weighted by atomic mass is 9.97. The van der Waals surface area contributed by atoms with Crippen molar-refractivity contribution >= 4 is 5.91 Å². The lowest BCUT2D eigenvalue weighted by molar-refractivity contribution is -0.127. The van der Waals surface area contributed by atoms with Crippen LogP contribution in [0.2, 0.25) is 0 Å². The van der Waals surface area contributed by atoms with E-state index in [2.05, 4.69) is 15.2 Å². The van der Waals surface area contributed by atoms with Gasteiger partial charge < -0.3 is 14.2 Å². The number of oxazole rings is 1. The second-order valence-corrected chi connectivity index (χ2v) is 6.88. The van der Waals surface area contributed by atoms with Crippen LogP contribution >= 0.6 is 0 Å². The molecule has 1 atom stereocenters. The Bertz CT molecular complexity index is 858. The van der Waals surface area contributed by atoms with Gasteiger partial charge in [0.15, 0.2) is 0 Å². The SMILES string of the molecule is O=C(NCc1coc(-c2ccccc2)n1)[C@@H]1CCCN(Cc2ccco2)C1. The molecule has 4 rings (SSSR count). The van der Waals surface area contributed by atoms with Crippen molar-refractivity contribution in [2.75, 3.05) is 13.1 Å². The number of nitrogens with zero attached hydrogens (tertiary/aromatic N) is 2. The van der Waals surface area contributed by atoms with Gasteiger partial charge >= 0.3 is 0 Å². The van der Waals surface area contributed by atoms with Crippen LogP contribution in [0.25, 0.3) is 11.5 Å². The van der Waals surface area contributed by atoms with E-state index >= 15 is 0 Å². The number of hydrogen-bond donors (Lipinski definition) is 1. The van der Waals surface area contributed by atoms with E-state index in [9.17, 15) is 4.79 Å². The van der Waals surface area contributed by atoms with Crippen molar-refractivity contribution in [1.29, 1.82) is 0 Å². The summed E-state index contributed by atoms with van der Waals surface area (Å²) in [5.41, 5.74) is 1.65. The summed E-state index contributed by atoms with van der Waals surface area (Å²) in [6, 6.07) is 13.6. The Morgan fingerprint density at radius 3 is 2.89 bits per heavy atom. The molecule has 1 aliphatic rings. The standard InChI is InChI=1S/C21H23N3O3/c25-20(17-8-4-10-24(13-17)14-19-9-5-11-26-19)22-12-18-15-27-21(23-18)16-6-2-1-3-7-16/h1-3,5-7,9,11,15,17H,4,8,10,12-14H2,(H,22,25)/t17-/m1/s1. The van der Waals surface area contributed by atoms with Crippen LogP contribution in [0.3, 0.4) is 0 Å². The van der Waals surface area contributed by atoms with E-state index < -0.39 is 0 Å². The second kappa shape index (κ2) is 8.22. The van der Waals surface area contributed by atoms with Crippen LogP contribution in [0.1, 0.15) is 24.3 Å². The van der Waals surface area contributed by atoms with E-state index in [1.165, 1.54) is 0 Å². The highest BCUT2D eigenvalue weighted by atomic mass is 16.3. The Labute approximate surface area is 158 Å². The number of furan rings is 1. The molecule has 1 fully saturated rings. The van der Waals surface area contributed by atoms with Crippen molar-refractivity contribution in [2.24, 2.45) is 5.92 Å². The largest absolute Gasteiger partial charge is 0.468 e. The number of nitrogens with one attached hydrogen (secondary N) is 1. The first-order valence-electron chi connectivity index (χ1n) is 9.30. The van der Waals surface area contributed by atoms with Gasteiger partial charge in [-0.05, 0) is 43.7 Å². The van der Waals surface area contributed by atoms with Crippen LogP contribution in [0.5, 0.6) is 0 Å². The summed E-state index contributed by atoms with van der Waals surface area (Å²) in [7, 11) is 0. The van der Waals surface area contributed by atoms with Crippen molar-refractivity contribution in [3.63, 3.8) is 0 Å². The fraction of sp³-hybridized carbons (Fsp3) is 0.333. The number of rotatable bonds is 6. The number of likely N-dealkylation sites (tertiary alicyclic amines) is 1. The third-order valence-corrected chi connectivity index (χ3v) is 4.85. The molecule has 3 aromatic rings. The van der Waals surface area contributed by atoms with Gasteiger partial charge in [0.1, 0.15) is 12.0 Å². The van der Waals surface area contributed by atoms with Crippen LogP contribution in [-0.2, 0) is 17.9 Å². The smallest absolute Gasteiger partial charge is 0.226 e. The van der Waals surface area contributed by atoms with Gasteiger partial charge in [-0.15, -0.1) is 0 Å². The number of amides is 1. The molecule has 3 heterocycles. The number of benzene rings is 1. The minimum Gasteiger partial charge on any atom is -0.468 e. The molecule has 1 amide bonds. The van der Waals surface area contributed by atoms with E-state index in [1.807, 2.05) is 42.5 Å². The third kappa shape index (κ3) is 4.46. The van der Waals surface area contributed by atoms with Crippen molar-refractivity contribution in [1.82, 2.24) is 15.2 Å². The fourth-order valence-corrected chi connectivity index (χ4v) is 3.46. The Morgan fingerprint density at radius 2 is 2.07 bits per heavy atom. The topological polar surface area (TPSA) is 71.5 Å². The summed E-state index contributed by atoms with van der Waals surface area (Å²) in [6.45, 7) is 2.87. The van der Waals surface area contributed by atoms with Gasteiger partial charge in [-0.3, -0.25) is 9.69 Å². The molecular formula is C21H23N3O3. The van der Waals surface area contributed by atoms with Crippen molar-refractivity contribution in [3.8, 4) is 11.5 Å². The van der Waals surface area contributed by atoms with Gasteiger partial charge in [0, 0.05) is 12.1 Å². The van der Waals surface area contributed by atoms with E-state index in [1.54, 1.807) is 12.5 Å². The molecule has 140 valence electrons. The summed E-state index contributed by atoms with van der Waals surface area (Å²) < 4.78 is 10.9. The molecular weight excluding hydrogens is 342 g/mol. The first kappa shape index (κ1) is 17.5. The summed E-state index contributed by atoms with van der Waals surface area (Å²) >= 11 is 0. The zero-order valence-corrected chi connectivity index (χ0v) is 15.1. The normalized spacial score (nSPS) is 17.7. The predicted molar refractivity (Wildman–Crippen MR) is 100 cm³/mol. The molecule has 0 unspecified atom stereocenters. The highest BCUT2D eigenvalue weighted by molar-refractivity contribution is 5.78. The molecule has 1 saturated heterocycles. The van der Waals surface area contributed by atoms with Crippen LogP contribution < -0.4 is 5.32 Å². The summed E-state index contributed by atoms with van der Waals surface area (Å²) in [4.78, 5) is 19.3. The van der Waals surface area contributed by atoms with Crippen LogP contribution in [0.4, 0.5) is 0 Å². The Hall–Kier alpha value is -2.86. The fourth-order valence-electron chi connectivity index (χ4n) is 3.46. The maximum absolute atomic E-state index is 12.6.